The summed E-state index contributed by atoms with van der Waals surface area (Å²) in [5.41, 5.74) is 0.461. The van der Waals surface area contributed by atoms with Gasteiger partial charge in [0.25, 0.3) is 0 Å². The Morgan fingerprint density at radius 1 is 1.19 bits per heavy atom. The third kappa shape index (κ3) is 4.66. The number of carbonyl (C=O) groups is 1. The van der Waals surface area contributed by atoms with Gasteiger partial charge in [0.1, 0.15) is 11.9 Å². The van der Waals surface area contributed by atoms with Gasteiger partial charge in [-0.05, 0) is 42.8 Å². The van der Waals surface area contributed by atoms with Gasteiger partial charge in [-0.15, -0.1) is 0 Å². The lowest BCUT2D eigenvalue weighted by molar-refractivity contribution is -0.117. The summed E-state index contributed by atoms with van der Waals surface area (Å²) in [6, 6.07) is 8.55. The fourth-order valence-electron chi connectivity index (χ4n) is 2.46. The molecule has 0 bridgehead atoms. The molecule has 0 unspecified atom stereocenters. The second-order valence-corrected chi connectivity index (χ2v) is 8.19. The van der Waals surface area contributed by atoms with Crippen LogP contribution in [0.25, 0.3) is 0 Å². The average Bonchev–Trinajstić information content (AvgIpc) is 2.56. The minimum absolute atomic E-state index is 0.157. The first kappa shape index (κ1) is 20.5. The van der Waals surface area contributed by atoms with Crippen molar-refractivity contribution in [2.24, 2.45) is 0 Å². The highest BCUT2D eigenvalue weighted by Gasteiger charge is 2.31. The highest BCUT2D eigenvalue weighted by atomic mass is 35.5. The molecule has 0 radical (unpaired) electrons. The quantitative estimate of drug-likeness (QED) is 0.759. The van der Waals surface area contributed by atoms with Crippen molar-refractivity contribution in [3.05, 3.63) is 58.3 Å². The van der Waals surface area contributed by atoms with Gasteiger partial charge in [0.15, 0.2) is 0 Å². The Hall–Kier alpha value is -1.83. The minimum Gasteiger partial charge on any atom is -0.323 e. The number of halogens is 3. The lowest BCUT2D eigenvalue weighted by Crippen LogP contribution is -2.47. The van der Waals surface area contributed by atoms with Gasteiger partial charge in [-0.25, -0.2) is 12.8 Å². The third-order valence-corrected chi connectivity index (χ3v) is 5.62. The number of nitrogens with zero attached hydrogens (tertiary/aromatic N) is 1. The second-order valence-electron chi connectivity index (χ2n) is 5.55. The van der Waals surface area contributed by atoms with Gasteiger partial charge in [0, 0.05) is 0 Å². The molecule has 1 amide bonds. The molecule has 2 aromatic carbocycles. The van der Waals surface area contributed by atoms with Crippen molar-refractivity contribution in [1.29, 1.82) is 0 Å². The zero-order valence-electron chi connectivity index (χ0n) is 14.0. The molecule has 1 atom stereocenters. The van der Waals surface area contributed by atoms with Gasteiger partial charge in [0.05, 0.1) is 27.7 Å². The number of rotatable bonds is 6. The third-order valence-electron chi connectivity index (χ3n) is 3.62. The molecule has 2 aromatic rings. The fraction of sp³-hybridized carbons (Fsp3) is 0.235. The molecule has 5 nitrogen and oxygen atoms in total. The smallest absolute Gasteiger partial charge is 0.248 e. The summed E-state index contributed by atoms with van der Waals surface area (Å²) in [4.78, 5) is 12.7. The Morgan fingerprint density at radius 2 is 1.81 bits per heavy atom. The summed E-state index contributed by atoms with van der Waals surface area (Å²) >= 11 is 12.0. The number of amides is 1. The van der Waals surface area contributed by atoms with Gasteiger partial charge >= 0.3 is 0 Å². The van der Waals surface area contributed by atoms with Crippen LogP contribution in [0.4, 0.5) is 15.8 Å². The number of hydrogen-bond donors (Lipinski definition) is 1. The molecule has 140 valence electrons. The Labute approximate surface area is 161 Å². The van der Waals surface area contributed by atoms with E-state index in [1.54, 1.807) is 25.1 Å². The molecular weight excluding hydrogens is 402 g/mol. The first-order chi connectivity index (χ1) is 12.1. The molecule has 9 heteroatoms. The van der Waals surface area contributed by atoms with E-state index in [1.807, 2.05) is 0 Å². The molecule has 1 N–H and O–H groups in total. The van der Waals surface area contributed by atoms with Crippen LogP contribution in [0, 0.1) is 5.82 Å². The van der Waals surface area contributed by atoms with Crippen molar-refractivity contribution in [3.8, 4) is 0 Å². The molecule has 0 aliphatic heterocycles. The van der Waals surface area contributed by atoms with Gasteiger partial charge in [-0.3, -0.25) is 9.10 Å². The second kappa shape index (κ2) is 8.24. The molecule has 0 spiro atoms. The van der Waals surface area contributed by atoms with Crippen molar-refractivity contribution in [2.75, 3.05) is 15.9 Å². The van der Waals surface area contributed by atoms with E-state index in [0.29, 0.717) is 0 Å². The van der Waals surface area contributed by atoms with Crippen LogP contribution in [0.5, 0.6) is 0 Å². The van der Waals surface area contributed by atoms with Crippen LogP contribution in [-0.4, -0.2) is 26.6 Å². The maximum absolute atomic E-state index is 13.2. The zero-order valence-corrected chi connectivity index (χ0v) is 16.4. The van der Waals surface area contributed by atoms with E-state index in [-0.39, 0.29) is 27.8 Å². The summed E-state index contributed by atoms with van der Waals surface area (Å²) in [7, 11) is -3.81. The van der Waals surface area contributed by atoms with Crippen LogP contribution in [0.15, 0.2) is 42.5 Å². The number of hydrogen-bond acceptors (Lipinski definition) is 3. The Bertz CT molecular complexity index is 905. The number of nitrogens with one attached hydrogen (secondary N) is 1. The minimum atomic E-state index is -3.81. The summed E-state index contributed by atoms with van der Waals surface area (Å²) < 4.78 is 38.7. The van der Waals surface area contributed by atoms with Crippen LogP contribution in [0.3, 0.4) is 0 Å². The van der Waals surface area contributed by atoms with Crippen molar-refractivity contribution in [3.63, 3.8) is 0 Å². The topological polar surface area (TPSA) is 66.5 Å². The Balaban J connectivity index is 2.40. The maximum Gasteiger partial charge on any atom is 0.248 e. The lowest BCUT2D eigenvalue weighted by Gasteiger charge is -2.30. The lowest BCUT2D eigenvalue weighted by atomic mass is 10.1. The van der Waals surface area contributed by atoms with Crippen LogP contribution >= 0.6 is 23.2 Å². The molecule has 0 saturated heterocycles. The maximum atomic E-state index is 13.2. The SMILES string of the molecule is CC[C@@H](C(=O)Nc1cccc(Cl)c1Cl)N(c1ccc(F)cc1)S(C)(=O)=O. The van der Waals surface area contributed by atoms with Gasteiger partial charge in [0.2, 0.25) is 15.9 Å². The van der Waals surface area contributed by atoms with Crippen LogP contribution < -0.4 is 9.62 Å². The molecular formula is C17H17Cl2FN2O3S. The standard InChI is InChI=1S/C17H17Cl2FN2O3S/c1-3-15(17(23)21-14-6-4-5-13(18)16(14)19)22(26(2,24)25)12-9-7-11(20)8-10-12/h4-10,15H,3H2,1-2H3,(H,21,23)/t15-/m0/s1. The molecule has 0 fully saturated rings. The molecule has 0 saturated carbocycles. The van der Waals surface area contributed by atoms with Gasteiger partial charge in [-0.1, -0.05) is 36.2 Å². The van der Waals surface area contributed by atoms with E-state index < -0.39 is 27.8 Å². The van der Waals surface area contributed by atoms with Crippen molar-refractivity contribution in [1.82, 2.24) is 0 Å². The highest BCUT2D eigenvalue weighted by molar-refractivity contribution is 7.92. The molecule has 0 aliphatic carbocycles. The van der Waals surface area contributed by atoms with E-state index in [2.05, 4.69) is 5.32 Å². The van der Waals surface area contributed by atoms with E-state index in [1.165, 1.54) is 12.1 Å². The van der Waals surface area contributed by atoms with E-state index in [4.69, 9.17) is 23.2 Å². The summed E-state index contributed by atoms with van der Waals surface area (Å²) in [6.45, 7) is 1.67. The van der Waals surface area contributed by atoms with E-state index >= 15 is 0 Å². The summed E-state index contributed by atoms with van der Waals surface area (Å²) in [5, 5.41) is 3.02. The number of carbonyl (C=O) groups excluding carboxylic acids is 1. The van der Waals surface area contributed by atoms with Crippen molar-refractivity contribution < 1.29 is 17.6 Å². The summed E-state index contributed by atoms with van der Waals surface area (Å²) in [6.07, 6.45) is 1.17. The summed E-state index contributed by atoms with van der Waals surface area (Å²) in [5.74, 6) is -1.09. The van der Waals surface area contributed by atoms with Gasteiger partial charge in [-0.2, -0.15) is 0 Å². The van der Waals surface area contributed by atoms with Crippen molar-refractivity contribution in [2.45, 2.75) is 19.4 Å². The first-order valence-corrected chi connectivity index (χ1v) is 10.3. The molecule has 26 heavy (non-hydrogen) atoms. The van der Waals surface area contributed by atoms with Crippen LogP contribution in [-0.2, 0) is 14.8 Å². The largest absolute Gasteiger partial charge is 0.323 e. The average molecular weight is 419 g/mol. The van der Waals surface area contributed by atoms with Crippen molar-refractivity contribution >= 4 is 50.5 Å². The van der Waals surface area contributed by atoms with E-state index in [9.17, 15) is 17.6 Å². The van der Waals surface area contributed by atoms with Crippen LogP contribution in [0.2, 0.25) is 10.0 Å². The molecule has 0 aliphatic rings. The van der Waals surface area contributed by atoms with Gasteiger partial charge < -0.3 is 5.32 Å². The molecule has 0 heterocycles. The highest BCUT2D eigenvalue weighted by Crippen LogP contribution is 2.30. The Morgan fingerprint density at radius 3 is 2.35 bits per heavy atom. The normalized spacial score (nSPS) is 12.5. The number of anilines is 2. The van der Waals surface area contributed by atoms with E-state index in [0.717, 1.165) is 22.7 Å². The molecule has 2 rings (SSSR count). The Kier molecular flexibility index (Phi) is 6.49. The monoisotopic (exact) mass is 418 g/mol. The van der Waals surface area contributed by atoms with Crippen LogP contribution in [0.1, 0.15) is 13.3 Å². The predicted molar refractivity (Wildman–Crippen MR) is 103 cm³/mol. The first-order valence-electron chi connectivity index (χ1n) is 7.65. The zero-order chi connectivity index (χ0) is 19.5. The molecule has 0 aromatic heterocycles. The number of sulfonamides is 1. The number of benzene rings is 2. The fourth-order valence-corrected chi connectivity index (χ4v) is 4.02. The predicted octanol–water partition coefficient (Wildman–Crippen LogP) is 4.32.